The van der Waals surface area contributed by atoms with Gasteiger partial charge in [-0.1, -0.05) is 29.3 Å². The lowest BCUT2D eigenvalue weighted by Crippen LogP contribution is -2.03. The minimum absolute atomic E-state index is 0.151. The van der Waals surface area contributed by atoms with Gasteiger partial charge < -0.3 is 5.32 Å². The molecule has 1 aromatic carbocycles. The summed E-state index contributed by atoms with van der Waals surface area (Å²) in [6.45, 7) is 0.194. The van der Waals surface area contributed by atoms with Crippen LogP contribution in [0.2, 0.25) is 10.3 Å². The van der Waals surface area contributed by atoms with E-state index in [0.717, 1.165) is 0 Å². The number of hydrogen-bond acceptors (Lipinski definition) is 4. The summed E-state index contributed by atoms with van der Waals surface area (Å²) in [4.78, 5) is 0. The molecule has 0 saturated heterocycles. The third kappa shape index (κ3) is 3.31. The molecule has 0 unspecified atom stereocenters. The maximum Gasteiger partial charge on any atom is 0.174 e. The quantitative estimate of drug-likeness (QED) is 0.943. The van der Waals surface area contributed by atoms with Crippen molar-refractivity contribution in [3.05, 3.63) is 51.5 Å². The molecule has 19 heavy (non-hydrogen) atoms. The fraction of sp³-hybridized carbons (Fsp3) is 0.0833. The predicted octanol–water partition coefficient (Wildman–Crippen LogP) is 3.41. The Labute approximate surface area is 118 Å². The molecule has 0 aliphatic carbocycles. The first-order chi connectivity index (χ1) is 9.10. The van der Waals surface area contributed by atoms with Crippen LogP contribution < -0.4 is 5.32 Å². The highest BCUT2D eigenvalue weighted by Crippen LogP contribution is 2.22. The smallest absolute Gasteiger partial charge is 0.174 e. The topological polar surface area (TPSA) is 61.6 Å². The van der Waals surface area contributed by atoms with E-state index in [1.165, 1.54) is 18.2 Å². The Bertz CT molecular complexity index is 655. The Hall–Kier alpha value is -1.90. The molecular weight excluding hydrogens is 290 g/mol. The Balaban J connectivity index is 2.15. The molecule has 0 saturated carbocycles. The Morgan fingerprint density at radius 2 is 2.05 bits per heavy atom. The lowest BCUT2D eigenvalue weighted by atomic mass is 10.1. The molecule has 7 heteroatoms. The van der Waals surface area contributed by atoms with Crippen LogP contribution >= 0.6 is 23.2 Å². The third-order valence-corrected chi connectivity index (χ3v) is 2.83. The van der Waals surface area contributed by atoms with Crippen LogP contribution in [-0.4, -0.2) is 10.2 Å². The number of anilines is 1. The molecule has 0 bridgehead atoms. The highest BCUT2D eigenvalue weighted by molar-refractivity contribution is 6.33. The maximum absolute atomic E-state index is 13.6. The highest BCUT2D eigenvalue weighted by atomic mass is 35.5. The summed E-state index contributed by atoms with van der Waals surface area (Å²) < 4.78 is 13.6. The predicted molar refractivity (Wildman–Crippen MR) is 70.5 cm³/mol. The first-order valence-electron chi connectivity index (χ1n) is 5.21. The molecule has 2 aromatic rings. The largest absolute Gasteiger partial charge is 0.378 e. The van der Waals surface area contributed by atoms with Gasteiger partial charge in [0.2, 0.25) is 0 Å². The van der Waals surface area contributed by atoms with Crippen LogP contribution in [0.4, 0.5) is 10.1 Å². The van der Waals surface area contributed by atoms with Gasteiger partial charge in [0.15, 0.2) is 10.3 Å². The summed E-state index contributed by atoms with van der Waals surface area (Å²) in [5, 5.41) is 19.1. The van der Waals surface area contributed by atoms with Crippen molar-refractivity contribution in [1.29, 1.82) is 5.26 Å². The van der Waals surface area contributed by atoms with Crippen molar-refractivity contribution in [2.75, 3.05) is 5.32 Å². The summed E-state index contributed by atoms with van der Waals surface area (Å²) in [5.74, 6) is -0.462. The zero-order valence-corrected chi connectivity index (χ0v) is 11.0. The molecule has 0 fully saturated rings. The van der Waals surface area contributed by atoms with Gasteiger partial charge >= 0.3 is 0 Å². The minimum Gasteiger partial charge on any atom is -0.378 e. The monoisotopic (exact) mass is 296 g/mol. The van der Waals surface area contributed by atoms with Gasteiger partial charge in [-0.25, -0.2) is 4.39 Å². The average Bonchev–Trinajstić information content (AvgIpc) is 2.40. The standard InChI is InChI=1S/C12H7Cl2FN4/c13-11-4-10(12(14)19-18-11)17-6-8-2-1-7(5-16)3-9(8)15/h1-4H,6H2,(H,17,18). The molecule has 0 aliphatic heterocycles. The van der Waals surface area contributed by atoms with Gasteiger partial charge in [-0.05, 0) is 12.1 Å². The van der Waals surface area contributed by atoms with Crippen LogP contribution in [0, 0.1) is 17.1 Å². The van der Waals surface area contributed by atoms with Crippen molar-refractivity contribution in [3.63, 3.8) is 0 Å². The summed E-state index contributed by atoms with van der Waals surface area (Å²) in [5.41, 5.74) is 1.14. The Morgan fingerprint density at radius 1 is 1.26 bits per heavy atom. The molecule has 0 aliphatic rings. The van der Waals surface area contributed by atoms with Crippen LogP contribution in [0.25, 0.3) is 0 Å². The van der Waals surface area contributed by atoms with E-state index in [4.69, 9.17) is 28.5 Å². The van der Waals surface area contributed by atoms with Crippen molar-refractivity contribution < 1.29 is 4.39 Å². The van der Waals surface area contributed by atoms with Gasteiger partial charge in [-0.2, -0.15) is 5.26 Å². The first kappa shape index (κ1) is 13.5. The second-order valence-corrected chi connectivity index (χ2v) is 4.39. The van der Waals surface area contributed by atoms with E-state index in [-0.39, 0.29) is 22.4 Å². The first-order valence-corrected chi connectivity index (χ1v) is 5.97. The number of nitrogens with zero attached hydrogens (tertiary/aromatic N) is 3. The average molecular weight is 297 g/mol. The van der Waals surface area contributed by atoms with Gasteiger partial charge in [-0.3, -0.25) is 0 Å². The van der Waals surface area contributed by atoms with Gasteiger partial charge in [0.25, 0.3) is 0 Å². The lowest BCUT2D eigenvalue weighted by molar-refractivity contribution is 0.612. The number of nitriles is 1. The van der Waals surface area contributed by atoms with Crippen molar-refractivity contribution in [2.45, 2.75) is 6.54 Å². The fourth-order valence-corrected chi connectivity index (χ4v) is 1.73. The number of halogens is 3. The molecule has 1 aromatic heterocycles. The van der Waals surface area contributed by atoms with Gasteiger partial charge in [0.1, 0.15) is 5.82 Å². The summed E-state index contributed by atoms with van der Waals surface area (Å²) >= 11 is 11.5. The molecular formula is C12H7Cl2FN4. The van der Waals surface area contributed by atoms with E-state index < -0.39 is 5.82 Å². The van der Waals surface area contributed by atoms with E-state index in [2.05, 4.69) is 15.5 Å². The number of nitrogens with one attached hydrogen (secondary N) is 1. The number of aromatic nitrogens is 2. The number of hydrogen-bond donors (Lipinski definition) is 1. The van der Waals surface area contributed by atoms with Crippen LogP contribution in [0.1, 0.15) is 11.1 Å². The fourth-order valence-electron chi connectivity index (χ4n) is 1.43. The van der Waals surface area contributed by atoms with E-state index in [0.29, 0.717) is 11.3 Å². The van der Waals surface area contributed by atoms with Crippen molar-refractivity contribution in [1.82, 2.24) is 10.2 Å². The molecule has 0 spiro atoms. The Morgan fingerprint density at radius 3 is 2.74 bits per heavy atom. The van der Waals surface area contributed by atoms with Crippen LogP contribution in [0.5, 0.6) is 0 Å². The highest BCUT2D eigenvalue weighted by Gasteiger charge is 2.07. The van der Waals surface area contributed by atoms with Crippen molar-refractivity contribution in [3.8, 4) is 6.07 Å². The second-order valence-electron chi connectivity index (χ2n) is 3.64. The van der Waals surface area contributed by atoms with E-state index in [1.54, 1.807) is 6.07 Å². The van der Waals surface area contributed by atoms with Gasteiger partial charge in [0, 0.05) is 18.2 Å². The zero-order chi connectivity index (χ0) is 13.8. The number of rotatable bonds is 3. The minimum atomic E-state index is -0.462. The van der Waals surface area contributed by atoms with E-state index in [9.17, 15) is 4.39 Å². The maximum atomic E-state index is 13.6. The van der Waals surface area contributed by atoms with E-state index >= 15 is 0 Å². The Kier molecular flexibility index (Phi) is 4.15. The molecule has 1 N–H and O–H groups in total. The lowest BCUT2D eigenvalue weighted by Gasteiger charge is -2.08. The van der Waals surface area contributed by atoms with Gasteiger partial charge in [-0.15, -0.1) is 10.2 Å². The SMILES string of the molecule is N#Cc1ccc(CNc2cc(Cl)nnc2Cl)c(F)c1. The molecule has 96 valence electrons. The summed E-state index contributed by atoms with van der Waals surface area (Å²) in [6, 6.07) is 7.62. The third-order valence-electron chi connectivity index (χ3n) is 2.37. The normalized spacial score (nSPS) is 10.0. The molecule has 1 heterocycles. The van der Waals surface area contributed by atoms with Crippen LogP contribution in [-0.2, 0) is 6.54 Å². The number of benzene rings is 1. The van der Waals surface area contributed by atoms with Crippen molar-refractivity contribution >= 4 is 28.9 Å². The van der Waals surface area contributed by atoms with E-state index in [1.807, 2.05) is 6.07 Å². The van der Waals surface area contributed by atoms with Crippen LogP contribution in [0.15, 0.2) is 24.3 Å². The van der Waals surface area contributed by atoms with Crippen molar-refractivity contribution in [2.24, 2.45) is 0 Å². The summed E-state index contributed by atoms with van der Waals surface area (Å²) in [6.07, 6.45) is 0. The molecule has 4 nitrogen and oxygen atoms in total. The second kappa shape index (κ2) is 5.83. The van der Waals surface area contributed by atoms with Gasteiger partial charge in [0.05, 0.1) is 17.3 Å². The molecule has 0 amide bonds. The molecule has 0 radical (unpaired) electrons. The summed E-state index contributed by atoms with van der Waals surface area (Å²) in [7, 11) is 0. The molecule has 0 atom stereocenters. The van der Waals surface area contributed by atoms with Crippen LogP contribution in [0.3, 0.4) is 0 Å². The zero-order valence-electron chi connectivity index (χ0n) is 9.49. The molecule has 2 rings (SSSR count).